The van der Waals surface area contributed by atoms with Crippen LogP contribution in [-0.4, -0.2) is 18.9 Å². The van der Waals surface area contributed by atoms with Crippen LogP contribution in [-0.2, 0) is 14.3 Å². The first kappa shape index (κ1) is 5.56. The van der Waals surface area contributed by atoms with Crippen molar-refractivity contribution in [2.24, 2.45) is 0 Å². The van der Waals surface area contributed by atoms with Gasteiger partial charge in [0.15, 0.2) is 12.9 Å². The zero-order valence-electron chi connectivity index (χ0n) is 4.72. The average Bonchev–Trinajstić information content (AvgIpc) is 2.14. The van der Waals surface area contributed by atoms with Gasteiger partial charge in [-0.1, -0.05) is 6.92 Å². The molecule has 0 aliphatic carbocycles. The standard InChI is InChI=1S/C5H8O3/c1-2-4-5(6)8-3-7-4/h4H,2-3H2,1H3. The van der Waals surface area contributed by atoms with Crippen LogP contribution in [0.5, 0.6) is 0 Å². The molecule has 3 heteroatoms. The Morgan fingerprint density at radius 1 is 1.88 bits per heavy atom. The van der Waals surface area contributed by atoms with Gasteiger partial charge in [-0.15, -0.1) is 0 Å². The molecule has 8 heavy (non-hydrogen) atoms. The molecule has 1 saturated heterocycles. The van der Waals surface area contributed by atoms with Crippen LogP contribution in [0.2, 0.25) is 0 Å². The molecule has 0 N–H and O–H groups in total. The second kappa shape index (κ2) is 2.13. The lowest BCUT2D eigenvalue weighted by Gasteiger charge is -1.95. The van der Waals surface area contributed by atoms with E-state index in [4.69, 9.17) is 4.74 Å². The van der Waals surface area contributed by atoms with Gasteiger partial charge in [0.1, 0.15) is 0 Å². The molecule has 1 aliphatic heterocycles. The van der Waals surface area contributed by atoms with Crippen LogP contribution in [0.1, 0.15) is 13.3 Å². The van der Waals surface area contributed by atoms with Gasteiger partial charge in [0.2, 0.25) is 0 Å². The predicted molar refractivity (Wildman–Crippen MR) is 26.1 cm³/mol. The monoisotopic (exact) mass is 116 g/mol. The van der Waals surface area contributed by atoms with Gasteiger partial charge in [-0.3, -0.25) is 0 Å². The van der Waals surface area contributed by atoms with Gasteiger partial charge in [-0.05, 0) is 6.42 Å². The van der Waals surface area contributed by atoms with E-state index in [0.717, 1.165) is 0 Å². The first-order valence-corrected chi connectivity index (χ1v) is 2.63. The fraction of sp³-hybridized carbons (Fsp3) is 0.800. The van der Waals surface area contributed by atoms with E-state index in [9.17, 15) is 4.79 Å². The molecule has 0 aromatic heterocycles. The highest BCUT2D eigenvalue weighted by molar-refractivity contribution is 5.75. The van der Waals surface area contributed by atoms with Crippen LogP contribution in [0, 0.1) is 0 Å². The number of esters is 1. The van der Waals surface area contributed by atoms with Crippen molar-refractivity contribution in [2.75, 3.05) is 6.79 Å². The number of cyclic esters (lactones) is 1. The van der Waals surface area contributed by atoms with Crippen molar-refractivity contribution in [1.29, 1.82) is 0 Å². The fourth-order valence-electron chi connectivity index (χ4n) is 0.620. The van der Waals surface area contributed by atoms with Gasteiger partial charge in [-0.25, -0.2) is 4.79 Å². The van der Waals surface area contributed by atoms with Crippen LogP contribution in [0.15, 0.2) is 0 Å². The second-order valence-corrected chi connectivity index (χ2v) is 1.64. The fourth-order valence-corrected chi connectivity index (χ4v) is 0.620. The van der Waals surface area contributed by atoms with Crippen LogP contribution < -0.4 is 0 Å². The maximum Gasteiger partial charge on any atom is 0.337 e. The molecule has 1 fully saturated rings. The summed E-state index contributed by atoms with van der Waals surface area (Å²) in [7, 11) is 0. The summed E-state index contributed by atoms with van der Waals surface area (Å²) in [6, 6.07) is 0. The van der Waals surface area contributed by atoms with Gasteiger partial charge in [0.05, 0.1) is 0 Å². The molecular formula is C5H8O3. The number of hydrogen-bond acceptors (Lipinski definition) is 3. The Labute approximate surface area is 47.6 Å². The van der Waals surface area contributed by atoms with E-state index in [0.29, 0.717) is 6.42 Å². The van der Waals surface area contributed by atoms with Crippen molar-refractivity contribution >= 4 is 5.97 Å². The summed E-state index contributed by atoms with van der Waals surface area (Å²) in [6.07, 6.45) is 0.411. The number of carbonyl (C=O) groups excluding carboxylic acids is 1. The molecule has 0 aromatic carbocycles. The predicted octanol–water partition coefficient (Wildman–Crippen LogP) is 0.296. The summed E-state index contributed by atoms with van der Waals surface area (Å²) in [5, 5.41) is 0. The van der Waals surface area contributed by atoms with Crippen LogP contribution >= 0.6 is 0 Å². The minimum atomic E-state index is -0.296. The van der Waals surface area contributed by atoms with E-state index in [2.05, 4.69) is 4.74 Å². The van der Waals surface area contributed by atoms with Gasteiger partial charge < -0.3 is 9.47 Å². The summed E-state index contributed by atoms with van der Waals surface area (Å²) in [5.74, 6) is -0.229. The van der Waals surface area contributed by atoms with Crippen molar-refractivity contribution in [1.82, 2.24) is 0 Å². The van der Waals surface area contributed by atoms with E-state index in [1.54, 1.807) is 0 Å². The van der Waals surface area contributed by atoms with E-state index in [1.165, 1.54) is 0 Å². The van der Waals surface area contributed by atoms with Crippen LogP contribution in [0.3, 0.4) is 0 Å². The Balaban J connectivity index is 2.42. The molecule has 1 heterocycles. The Morgan fingerprint density at radius 2 is 2.62 bits per heavy atom. The van der Waals surface area contributed by atoms with Crippen LogP contribution in [0.4, 0.5) is 0 Å². The Hall–Kier alpha value is -0.570. The molecule has 1 aliphatic rings. The Kier molecular flexibility index (Phi) is 1.48. The third-order valence-electron chi connectivity index (χ3n) is 1.10. The summed E-state index contributed by atoms with van der Waals surface area (Å²) in [4.78, 5) is 10.5. The summed E-state index contributed by atoms with van der Waals surface area (Å²) in [5.41, 5.74) is 0. The minimum Gasteiger partial charge on any atom is -0.437 e. The largest absolute Gasteiger partial charge is 0.437 e. The topological polar surface area (TPSA) is 35.5 Å². The molecule has 46 valence electrons. The van der Waals surface area contributed by atoms with Crippen molar-refractivity contribution < 1.29 is 14.3 Å². The number of rotatable bonds is 1. The zero-order valence-corrected chi connectivity index (χ0v) is 4.72. The molecule has 1 rings (SSSR count). The van der Waals surface area contributed by atoms with E-state index in [-0.39, 0.29) is 18.9 Å². The molecular weight excluding hydrogens is 108 g/mol. The molecule has 0 bridgehead atoms. The van der Waals surface area contributed by atoms with Crippen molar-refractivity contribution in [3.05, 3.63) is 0 Å². The Bertz CT molecular complexity index is 99.8. The lowest BCUT2D eigenvalue weighted by Crippen LogP contribution is -2.13. The lowest BCUT2D eigenvalue weighted by atomic mass is 10.3. The van der Waals surface area contributed by atoms with Crippen molar-refractivity contribution in [2.45, 2.75) is 19.4 Å². The van der Waals surface area contributed by atoms with Crippen molar-refractivity contribution in [3.8, 4) is 0 Å². The van der Waals surface area contributed by atoms with E-state index < -0.39 is 0 Å². The van der Waals surface area contributed by atoms with E-state index in [1.807, 2.05) is 6.92 Å². The summed E-state index contributed by atoms with van der Waals surface area (Å²) in [6.45, 7) is 2.02. The maximum absolute atomic E-state index is 10.5. The quantitative estimate of drug-likeness (QED) is 0.462. The average molecular weight is 116 g/mol. The minimum absolute atomic E-state index is 0.136. The second-order valence-electron chi connectivity index (χ2n) is 1.64. The van der Waals surface area contributed by atoms with E-state index >= 15 is 0 Å². The highest BCUT2D eigenvalue weighted by Crippen LogP contribution is 2.07. The number of carbonyl (C=O) groups is 1. The number of hydrogen-bond donors (Lipinski definition) is 0. The first-order valence-electron chi connectivity index (χ1n) is 2.63. The normalized spacial score (nSPS) is 28.1. The highest BCUT2D eigenvalue weighted by Gasteiger charge is 2.24. The summed E-state index contributed by atoms with van der Waals surface area (Å²) < 4.78 is 9.34. The molecule has 1 unspecified atom stereocenters. The van der Waals surface area contributed by atoms with Gasteiger partial charge in [-0.2, -0.15) is 0 Å². The third kappa shape index (κ3) is 0.816. The smallest absolute Gasteiger partial charge is 0.337 e. The van der Waals surface area contributed by atoms with Gasteiger partial charge >= 0.3 is 5.97 Å². The van der Waals surface area contributed by atoms with Crippen molar-refractivity contribution in [3.63, 3.8) is 0 Å². The van der Waals surface area contributed by atoms with Gasteiger partial charge in [0, 0.05) is 0 Å². The molecule has 0 saturated carbocycles. The molecule has 1 atom stereocenters. The maximum atomic E-state index is 10.5. The molecule has 3 nitrogen and oxygen atoms in total. The molecule has 0 radical (unpaired) electrons. The Morgan fingerprint density at radius 3 is 2.88 bits per heavy atom. The van der Waals surface area contributed by atoms with Crippen LogP contribution in [0.25, 0.3) is 0 Å². The molecule has 0 amide bonds. The zero-order chi connectivity index (χ0) is 5.98. The van der Waals surface area contributed by atoms with Gasteiger partial charge in [0.25, 0.3) is 0 Å². The summed E-state index contributed by atoms with van der Waals surface area (Å²) >= 11 is 0. The molecule has 0 spiro atoms. The first-order chi connectivity index (χ1) is 3.84. The SMILES string of the molecule is CCC1OCOC1=O. The highest BCUT2D eigenvalue weighted by atomic mass is 16.7. The molecule has 0 aromatic rings. The lowest BCUT2D eigenvalue weighted by molar-refractivity contribution is -0.139. The number of ether oxygens (including phenoxy) is 2. The third-order valence-corrected chi connectivity index (χ3v) is 1.10.